The lowest BCUT2D eigenvalue weighted by molar-refractivity contribution is -0.156. The van der Waals surface area contributed by atoms with Gasteiger partial charge in [0.05, 0.1) is 0 Å². The largest absolute Gasteiger partial charge is 0.330 e. The quantitative estimate of drug-likeness (QED) is 0.544. The number of carbonyl (C=O) groups excluding carboxylic acids is 2. The molecule has 1 fully saturated rings. The first kappa shape index (κ1) is 14.7. The van der Waals surface area contributed by atoms with Gasteiger partial charge in [0.2, 0.25) is 0 Å². The summed E-state index contributed by atoms with van der Waals surface area (Å²) < 4.78 is 0. The number of amides is 2. The van der Waals surface area contributed by atoms with Gasteiger partial charge in [-0.2, -0.15) is 0 Å². The lowest BCUT2D eigenvalue weighted by atomic mass is 10.2. The summed E-state index contributed by atoms with van der Waals surface area (Å²) in [6.07, 6.45) is 0. The Labute approximate surface area is 109 Å². The zero-order valence-electron chi connectivity index (χ0n) is 11.5. The summed E-state index contributed by atoms with van der Waals surface area (Å²) in [5.41, 5.74) is 0.927. The molecule has 0 unspecified atom stereocenters. The average Bonchev–Trinajstić information content (AvgIpc) is 2.32. The van der Waals surface area contributed by atoms with Gasteiger partial charge in [0.1, 0.15) is 0 Å². The highest BCUT2D eigenvalue weighted by Crippen LogP contribution is 2.10. The number of piperazine rings is 1. The summed E-state index contributed by atoms with van der Waals surface area (Å²) in [5, 5.41) is 3.16. The Bertz CT molecular complexity index is 339. The molecule has 0 bridgehead atoms. The Kier molecular flexibility index (Phi) is 5.34. The Morgan fingerprint density at radius 3 is 2.56 bits per heavy atom. The lowest BCUT2D eigenvalue weighted by Crippen LogP contribution is -2.56. The van der Waals surface area contributed by atoms with Crippen molar-refractivity contribution >= 4 is 11.8 Å². The normalized spacial score (nSPS) is 16.7. The first-order valence-electron chi connectivity index (χ1n) is 6.44. The van der Waals surface area contributed by atoms with E-state index in [2.05, 4.69) is 11.9 Å². The van der Waals surface area contributed by atoms with Gasteiger partial charge in [0.15, 0.2) is 0 Å². The van der Waals surface area contributed by atoms with Gasteiger partial charge in [-0.05, 0) is 26.0 Å². The van der Waals surface area contributed by atoms with Crippen LogP contribution in [0.25, 0.3) is 0 Å². The number of hydrogen-bond donors (Lipinski definition) is 1. The minimum absolute atomic E-state index is 0.0774. The van der Waals surface area contributed by atoms with Crippen molar-refractivity contribution in [2.75, 3.05) is 32.7 Å². The van der Waals surface area contributed by atoms with E-state index in [0.717, 1.165) is 12.1 Å². The first-order chi connectivity index (χ1) is 8.47. The Morgan fingerprint density at radius 1 is 1.33 bits per heavy atom. The molecule has 0 saturated carbocycles. The van der Waals surface area contributed by atoms with Gasteiger partial charge >= 0.3 is 11.8 Å². The summed E-state index contributed by atoms with van der Waals surface area (Å²) in [6, 6.07) is 0.0774. The van der Waals surface area contributed by atoms with Crippen LogP contribution in [-0.4, -0.2) is 60.4 Å². The van der Waals surface area contributed by atoms with E-state index in [1.807, 2.05) is 20.8 Å². The molecular formula is C13H23N3O2. The van der Waals surface area contributed by atoms with Crippen LogP contribution >= 0.6 is 0 Å². The highest BCUT2D eigenvalue weighted by atomic mass is 16.2. The van der Waals surface area contributed by atoms with E-state index in [-0.39, 0.29) is 6.04 Å². The van der Waals surface area contributed by atoms with Crippen molar-refractivity contribution in [1.82, 2.24) is 15.1 Å². The molecule has 0 aromatic carbocycles. The topological polar surface area (TPSA) is 52.6 Å². The highest BCUT2D eigenvalue weighted by molar-refractivity contribution is 6.35. The molecule has 0 aromatic heterocycles. The standard InChI is InChI=1S/C13H23N3O2/c1-5-14-8-11(4)9-15-6-7-16(10(2)3)13(18)12(15)17/h10,14H,4-9H2,1-3H3. The van der Waals surface area contributed by atoms with Crippen molar-refractivity contribution < 1.29 is 9.59 Å². The maximum Gasteiger partial charge on any atom is 0.312 e. The second-order valence-electron chi connectivity index (χ2n) is 4.85. The maximum absolute atomic E-state index is 11.9. The van der Waals surface area contributed by atoms with Crippen LogP contribution in [0.3, 0.4) is 0 Å². The van der Waals surface area contributed by atoms with Crippen molar-refractivity contribution in [3.05, 3.63) is 12.2 Å². The van der Waals surface area contributed by atoms with Gasteiger partial charge in [-0.25, -0.2) is 0 Å². The van der Waals surface area contributed by atoms with Gasteiger partial charge in [-0.15, -0.1) is 0 Å². The molecule has 1 saturated heterocycles. The van der Waals surface area contributed by atoms with E-state index in [0.29, 0.717) is 26.2 Å². The van der Waals surface area contributed by atoms with E-state index in [9.17, 15) is 9.59 Å². The summed E-state index contributed by atoms with van der Waals surface area (Å²) >= 11 is 0. The second kappa shape index (κ2) is 6.54. The van der Waals surface area contributed by atoms with Crippen LogP contribution in [0.15, 0.2) is 12.2 Å². The molecule has 1 aliphatic heterocycles. The highest BCUT2D eigenvalue weighted by Gasteiger charge is 2.33. The molecule has 1 rings (SSSR count). The van der Waals surface area contributed by atoms with E-state index >= 15 is 0 Å². The molecule has 5 nitrogen and oxygen atoms in total. The fourth-order valence-corrected chi connectivity index (χ4v) is 1.96. The van der Waals surface area contributed by atoms with Crippen molar-refractivity contribution in [2.45, 2.75) is 26.8 Å². The Balaban J connectivity index is 2.53. The number of carbonyl (C=O) groups is 2. The smallest absolute Gasteiger partial charge is 0.312 e. The van der Waals surface area contributed by atoms with Crippen molar-refractivity contribution in [3.63, 3.8) is 0 Å². The Morgan fingerprint density at radius 2 is 2.00 bits per heavy atom. The molecule has 0 atom stereocenters. The number of nitrogens with one attached hydrogen (secondary N) is 1. The van der Waals surface area contributed by atoms with Crippen molar-refractivity contribution in [1.29, 1.82) is 0 Å². The number of rotatable bonds is 6. The Hall–Kier alpha value is -1.36. The second-order valence-corrected chi connectivity index (χ2v) is 4.85. The maximum atomic E-state index is 11.9. The molecule has 0 spiro atoms. The van der Waals surface area contributed by atoms with E-state index < -0.39 is 11.8 Å². The predicted molar refractivity (Wildman–Crippen MR) is 71.1 cm³/mol. The molecule has 0 aliphatic carbocycles. The lowest BCUT2D eigenvalue weighted by Gasteiger charge is -2.36. The minimum Gasteiger partial charge on any atom is -0.330 e. The van der Waals surface area contributed by atoms with Crippen LogP contribution in [0.4, 0.5) is 0 Å². The third-order valence-corrected chi connectivity index (χ3v) is 3.00. The van der Waals surface area contributed by atoms with Gasteiger partial charge < -0.3 is 15.1 Å². The zero-order valence-corrected chi connectivity index (χ0v) is 11.5. The molecule has 18 heavy (non-hydrogen) atoms. The summed E-state index contributed by atoms with van der Waals surface area (Å²) in [5.74, 6) is -0.805. The molecule has 1 heterocycles. The van der Waals surface area contributed by atoms with Crippen molar-refractivity contribution in [2.24, 2.45) is 0 Å². The summed E-state index contributed by atoms with van der Waals surface area (Å²) in [7, 11) is 0. The molecule has 1 N–H and O–H groups in total. The third kappa shape index (κ3) is 3.57. The van der Waals surface area contributed by atoms with Crippen LogP contribution in [0.2, 0.25) is 0 Å². The van der Waals surface area contributed by atoms with Crippen LogP contribution < -0.4 is 5.32 Å². The predicted octanol–water partition coefficient (Wildman–Crippen LogP) is 0.231. The van der Waals surface area contributed by atoms with Gasteiger partial charge in [0, 0.05) is 32.2 Å². The first-order valence-corrected chi connectivity index (χ1v) is 6.44. The van der Waals surface area contributed by atoms with Crippen LogP contribution in [0.5, 0.6) is 0 Å². The van der Waals surface area contributed by atoms with E-state index in [1.54, 1.807) is 9.80 Å². The molecule has 0 radical (unpaired) electrons. The van der Waals surface area contributed by atoms with Crippen LogP contribution in [0, 0.1) is 0 Å². The molecule has 1 aliphatic rings. The third-order valence-electron chi connectivity index (χ3n) is 3.00. The molecule has 102 valence electrons. The van der Waals surface area contributed by atoms with Crippen LogP contribution in [-0.2, 0) is 9.59 Å². The SMILES string of the molecule is C=C(CNCC)CN1CCN(C(C)C)C(=O)C1=O. The van der Waals surface area contributed by atoms with Gasteiger partial charge in [-0.3, -0.25) is 9.59 Å². The summed E-state index contributed by atoms with van der Waals surface area (Å²) in [6.45, 7) is 13.0. The molecular weight excluding hydrogens is 230 g/mol. The van der Waals surface area contributed by atoms with Crippen LogP contribution in [0.1, 0.15) is 20.8 Å². The van der Waals surface area contributed by atoms with Gasteiger partial charge in [0.25, 0.3) is 0 Å². The molecule has 5 heteroatoms. The fraction of sp³-hybridized carbons (Fsp3) is 0.692. The zero-order chi connectivity index (χ0) is 13.7. The molecule has 2 amide bonds. The number of likely N-dealkylation sites (N-methyl/N-ethyl adjacent to an activating group) is 1. The van der Waals surface area contributed by atoms with E-state index in [1.165, 1.54) is 0 Å². The van der Waals surface area contributed by atoms with Gasteiger partial charge in [-0.1, -0.05) is 13.5 Å². The average molecular weight is 253 g/mol. The molecule has 0 aromatic rings. The van der Waals surface area contributed by atoms with Crippen molar-refractivity contribution in [3.8, 4) is 0 Å². The monoisotopic (exact) mass is 253 g/mol. The number of hydrogen-bond acceptors (Lipinski definition) is 3. The number of nitrogens with zero attached hydrogens (tertiary/aromatic N) is 2. The minimum atomic E-state index is -0.410. The van der Waals surface area contributed by atoms with E-state index in [4.69, 9.17) is 0 Å². The summed E-state index contributed by atoms with van der Waals surface area (Å²) in [4.78, 5) is 27.0. The fourth-order valence-electron chi connectivity index (χ4n) is 1.96.